The number of amides is 1. The van der Waals surface area contributed by atoms with Crippen molar-refractivity contribution < 1.29 is 14.6 Å². The molecule has 1 aromatic rings. The molecule has 132 valence electrons. The fraction of sp³-hybridized carbons (Fsp3) is 0.632. The number of carbonyl (C=O) groups is 1. The quantitative estimate of drug-likeness (QED) is 0.868. The second-order valence-corrected chi connectivity index (χ2v) is 6.78. The Morgan fingerprint density at radius 2 is 2.21 bits per heavy atom. The number of rotatable bonds is 6. The molecule has 1 amide bonds. The van der Waals surface area contributed by atoms with E-state index in [4.69, 9.17) is 9.84 Å². The molecule has 3 rings (SSSR count). The molecule has 0 saturated carbocycles. The molecule has 5 nitrogen and oxygen atoms in total. The Labute approximate surface area is 144 Å². The van der Waals surface area contributed by atoms with E-state index < -0.39 is 0 Å². The number of aliphatic hydroxyl groups excluding tert-OH is 1. The monoisotopic (exact) mass is 332 g/mol. The van der Waals surface area contributed by atoms with E-state index in [0.717, 1.165) is 63.1 Å². The summed E-state index contributed by atoms with van der Waals surface area (Å²) >= 11 is 0. The van der Waals surface area contributed by atoms with E-state index in [1.165, 1.54) is 5.56 Å². The second kappa shape index (κ2) is 7.99. The summed E-state index contributed by atoms with van der Waals surface area (Å²) < 4.78 is 5.30. The van der Waals surface area contributed by atoms with Gasteiger partial charge in [-0.25, -0.2) is 0 Å². The lowest BCUT2D eigenvalue weighted by Crippen LogP contribution is -2.44. The molecule has 24 heavy (non-hydrogen) atoms. The third-order valence-electron chi connectivity index (χ3n) is 5.24. The van der Waals surface area contributed by atoms with Crippen molar-refractivity contribution >= 4 is 11.6 Å². The van der Waals surface area contributed by atoms with Crippen LogP contribution in [0.15, 0.2) is 18.2 Å². The maximum atomic E-state index is 12.9. The molecule has 0 aromatic heterocycles. The van der Waals surface area contributed by atoms with E-state index in [-0.39, 0.29) is 12.5 Å². The number of nitrogens with zero attached hydrogens (tertiary/aromatic N) is 2. The Balaban J connectivity index is 1.68. The van der Waals surface area contributed by atoms with Gasteiger partial charge in [-0.05, 0) is 68.8 Å². The number of carbonyl (C=O) groups excluding carboxylic acids is 1. The van der Waals surface area contributed by atoms with Crippen molar-refractivity contribution in [1.29, 1.82) is 0 Å². The van der Waals surface area contributed by atoms with Gasteiger partial charge in [-0.1, -0.05) is 0 Å². The summed E-state index contributed by atoms with van der Waals surface area (Å²) in [6, 6.07) is 6.44. The van der Waals surface area contributed by atoms with Crippen molar-refractivity contribution in [1.82, 2.24) is 4.90 Å². The van der Waals surface area contributed by atoms with Crippen LogP contribution in [0.1, 0.15) is 37.7 Å². The van der Waals surface area contributed by atoms with Crippen LogP contribution in [0.2, 0.25) is 0 Å². The summed E-state index contributed by atoms with van der Waals surface area (Å²) in [7, 11) is 1.67. The summed E-state index contributed by atoms with van der Waals surface area (Å²) in [6.45, 7) is 2.51. The number of hydrogen-bond donors (Lipinski definition) is 1. The number of hydrogen-bond acceptors (Lipinski definition) is 4. The zero-order valence-electron chi connectivity index (χ0n) is 14.5. The SMILES string of the molecule is COc1ccc2c(c1)CCCN2C(=O)CN1CCCC1CCCO. The highest BCUT2D eigenvalue weighted by Gasteiger charge is 2.29. The Morgan fingerprint density at radius 3 is 3.00 bits per heavy atom. The summed E-state index contributed by atoms with van der Waals surface area (Å²) in [5, 5.41) is 9.05. The van der Waals surface area contributed by atoms with Crippen molar-refractivity contribution in [2.24, 2.45) is 0 Å². The van der Waals surface area contributed by atoms with Crippen LogP contribution in [-0.4, -0.2) is 55.3 Å². The molecular weight excluding hydrogens is 304 g/mol. The predicted molar refractivity (Wildman–Crippen MR) is 94.6 cm³/mol. The van der Waals surface area contributed by atoms with Crippen LogP contribution in [0.4, 0.5) is 5.69 Å². The highest BCUT2D eigenvalue weighted by atomic mass is 16.5. The van der Waals surface area contributed by atoms with Crippen molar-refractivity contribution in [2.75, 3.05) is 38.3 Å². The third kappa shape index (κ3) is 3.73. The van der Waals surface area contributed by atoms with Gasteiger partial charge >= 0.3 is 0 Å². The molecule has 2 aliphatic rings. The third-order valence-corrected chi connectivity index (χ3v) is 5.24. The van der Waals surface area contributed by atoms with Gasteiger partial charge in [0.1, 0.15) is 5.75 Å². The molecule has 0 radical (unpaired) electrons. The summed E-state index contributed by atoms with van der Waals surface area (Å²) in [5.74, 6) is 1.05. The number of likely N-dealkylation sites (tertiary alicyclic amines) is 1. The van der Waals surface area contributed by atoms with Gasteiger partial charge in [0, 0.05) is 24.9 Å². The Kier molecular flexibility index (Phi) is 5.74. The molecule has 0 aliphatic carbocycles. The Hall–Kier alpha value is -1.59. The van der Waals surface area contributed by atoms with Crippen LogP contribution >= 0.6 is 0 Å². The minimum Gasteiger partial charge on any atom is -0.497 e. The van der Waals surface area contributed by atoms with Gasteiger partial charge in [0.25, 0.3) is 0 Å². The first-order chi connectivity index (χ1) is 11.7. The molecule has 1 atom stereocenters. The molecular formula is C19H28N2O3. The van der Waals surface area contributed by atoms with Crippen molar-refractivity contribution in [3.63, 3.8) is 0 Å². The highest BCUT2D eigenvalue weighted by molar-refractivity contribution is 5.96. The topological polar surface area (TPSA) is 53.0 Å². The first-order valence-electron chi connectivity index (χ1n) is 9.05. The standard InChI is InChI=1S/C19H28N2O3/c1-24-17-8-9-18-15(13-17)5-2-11-21(18)19(23)14-20-10-3-6-16(20)7-4-12-22/h8-9,13,16,22H,2-7,10-12,14H2,1H3. The van der Waals surface area contributed by atoms with Crippen LogP contribution in [0.5, 0.6) is 5.75 Å². The maximum Gasteiger partial charge on any atom is 0.241 e. The average Bonchev–Trinajstić information content (AvgIpc) is 3.05. The van der Waals surface area contributed by atoms with Gasteiger partial charge in [0.05, 0.1) is 13.7 Å². The molecule has 0 bridgehead atoms. The number of ether oxygens (including phenoxy) is 1. The second-order valence-electron chi connectivity index (χ2n) is 6.78. The Morgan fingerprint density at radius 1 is 1.33 bits per heavy atom. The van der Waals surface area contributed by atoms with Crippen LogP contribution in [0, 0.1) is 0 Å². The normalized spacial score (nSPS) is 20.9. The number of anilines is 1. The van der Waals surface area contributed by atoms with Crippen LogP contribution in [0.3, 0.4) is 0 Å². The summed E-state index contributed by atoms with van der Waals surface area (Å²) in [6.07, 6.45) is 6.09. The van der Waals surface area contributed by atoms with Gasteiger partial charge in [-0.3, -0.25) is 9.69 Å². The smallest absolute Gasteiger partial charge is 0.241 e. The van der Waals surface area contributed by atoms with Gasteiger partial charge in [-0.2, -0.15) is 0 Å². The van der Waals surface area contributed by atoms with E-state index in [1.807, 2.05) is 17.0 Å². The number of benzene rings is 1. The minimum atomic E-state index is 0.192. The van der Waals surface area contributed by atoms with Gasteiger partial charge in [0.15, 0.2) is 0 Å². The van der Waals surface area contributed by atoms with Crippen molar-refractivity contribution in [3.8, 4) is 5.75 Å². The average molecular weight is 332 g/mol. The molecule has 5 heteroatoms. The van der Waals surface area contributed by atoms with Gasteiger partial charge < -0.3 is 14.7 Å². The number of methoxy groups -OCH3 is 1. The van der Waals surface area contributed by atoms with Crippen LogP contribution < -0.4 is 9.64 Å². The molecule has 1 unspecified atom stereocenters. The van der Waals surface area contributed by atoms with Gasteiger partial charge in [-0.15, -0.1) is 0 Å². The molecule has 2 heterocycles. The highest BCUT2D eigenvalue weighted by Crippen LogP contribution is 2.31. The molecule has 1 saturated heterocycles. The first kappa shape index (κ1) is 17.2. The largest absolute Gasteiger partial charge is 0.497 e. The predicted octanol–water partition coefficient (Wildman–Crippen LogP) is 2.21. The molecule has 0 spiro atoms. The number of aryl methyl sites for hydroxylation is 1. The fourth-order valence-electron chi connectivity index (χ4n) is 3.98. The lowest BCUT2D eigenvalue weighted by molar-refractivity contribution is -0.120. The van der Waals surface area contributed by atoms with Crippen molar-refractivity contribution in [2.45, 2.75) is 44.6 Å². The zero-order valence-corrected chi connectivity index (χ0v) is 14.5. The minimum absolute atomic E-state index is 0.192. The lowest BCUT2D eigenvalue weighted by atomic mass is 10.0. The van der Waals surface area contributed by atoms with Crippen molar-refractivity contribution in [3.05, 3.63) is 23.8 Å². The summed E-state index contributed by atoms with van der Waals surface area (Å²) in [5.41, 5.74) is 2.24. The lowest BCUT2D eigenvalue weighted by Gasteiger charge is -2.32. The van der Waals surface area contributed by atoms with Gasteiger partial charge in [0.2, 0.25) is 5.91 Å². The number of fused-ring (bicyclic) bond motifs is 1. The number of aliphatic hydroxyl groups is 1. The van der Waals surface area contributed by atoms with E-state index in [9.17, 15) is 4.79 Å². The molecule has 1 aromatic carbocycles. The molecule has 1 fully saturated rings. The van der Waals surface area contributed by atoms with E-state index in [1.54, 1.807) is 7.11 Å². The van der Waals surface area contributed by atoms with Crippen LogP contribution in [-0.2, 0) is 11.2 Å². The van der Waals surface area contributed by atoms with Crippen LogP contribution in [0.25, 0.3) is 0 Å². The molecule has 1 N–H and O–H groups in total. The van der Waals surface area contributed by atoms with E-state index in [0.29, 0.717) is 12.6 Å². The Bertz CT molecular complexity index is 576. The first-order valence-corrected chi connectivity index (χ1v) is 9.05. The van der Waals surface area contributed by atoms with E-state index >= 15 is 0 Å². The fourth-order valence-corrected chi connectivity index (χ4v) is 3.98. The molecule has 2 aliphatic heterocycles. The maximum absolute atomic E-state index is 12.9. The van der Waals surface area contributed by atoms with E-state index in [2.05, 4.69) is 11.0 Å². The summed E-state index contributed by atoms with van der Waals surface area (Å²) in [4.78, 5) is 17.1. The zero-order chi connectivity index (χ0) is 16.9.